The van der Waals surface area contributed by atoms with Crippen LogP contribution in [0.3, 0.4) is 0 Å². The molecule has 0 bridgehead atoms. The van der Waals surface area contributed by atoms with Gasteiger partial charge in [0.25, 0.3) is 10.1 Å². The molecule has 8 nitrogen and oxygen atoms in total. The summed E-state index contributed by atoms with van der Waals surface area (Å²) in [5.41, 5.74) is 4.60. The van der Waals surface area contributed by atoms with Gasteiger partial charge >= 0.3 is 29.6 Å². The molecule has 0 amide bonds. The van der Waals surface area contributed by atoms with Crippen molar-refractivity contribution in [1.82, 2.24) is 0 Å². The molecule has 3 atom stereocenters. The van der Waals surface area contributed by atoms with Crippen LogP contribution < -0.4 is 34.5 Å². The van der Waals surface area contributed by atoms with Crippen LogP contribution in [0, 0.1) is 11.3 Å². The predicted molar refractivity (Wildman–Crippen MR) is 224 cm³/mol. The number of rotatable bonds is 10. The van der Waals surface area contributed by atoms with Gasteiger partial charge in [-0.15, -0.1) is 0 Å². The van der Waals surface area contributed by atoms with Gasteiger partial charge in [0.2, 0.25) is 0 Å². The van der Waals surface area contributed by atoms with Gasteiger partial charge in [0.15, 0.2) is 0 Å². The third-order valence-electron chi connectivity index (χ3n) is 11.9. The summed E-state index contributed by atoms with van der Waals surface area (Å²) in [6.45, 7) is 9.83. The minimum Gasteiger partial charge on any atom is -0.746 e. The van der Waals surface area contributed by atoms with Crippen molar-refractivity contribution in [3.05, 3.63) is 130 Å². The number of nitrogens with zero attached hydrogens (tertiary/aromatic N) is 2. The Morgan fingerprint density at radius 2 is 1.61 bits per heavy atom. The van der Waals surface area contributed by atoms with Crippen molar-refractivity contribution < 1.29 is 55.5 Å². The van der Waals surface area contributed by atoms with Crippen molar-refractivity contribution in [3.8, 4) is 0 Å². The summed E-state index contributed by atoms with van der Waals surface area (Å²) >= 11 is 7.14. The second kappa shape index (κ2) is 15.9. The predicted octanol–water partition coefficient (Wildman–Crippen LogP) is 7.45. The molecule has 1 N–H and O–H groups in total. The van der Waals surface area contributed by atoms with Gasteiger partial charge in [-0.05, 0) is 99.0 Å². The Kier molecular flexibility index (Phi) is 12.1. The molecule has 0 fully saturated rings. The van der Waals surface area contributed by atoms with E-state index in [9.17, 15) is 25.9 Å². The fraction of sp³-hybridized carbons (Fsp3) is 0.341. The minimum absolute atomic E-state index is 0. The molecule has 4 aromatic rings. The average Bonchev–Trinajstić information content (AvgIpc) is 3.67. The van der Waals surface area contributed by atoms with Gasteiger partial charge < -0.3 is 9.45 Å². The summed E-state index contributed by atoms with van der Waals surface area (Å²) in [5.74, 6) is -1.28. The zero-order valence-electron chi connectivity index (χ0n) is 32.7. The smallest absolute Gasteiger partial charge is 0.746 e. The van der Waals surface area contributed by atoms with Crippen molar-refractivity contribution in [2.45, 2.75) is 77.0 Å². The molecule has 1 aliphatic carbocycles. The zero-order chi connectivity index (χ0) is 39.5. The van der Waals surface area contributed by atoms with E-state index >= 15 is 0 Å². The van der Waals surface area contributed by atoms with E-state index in [1.54, 1.807) is 11.8 Å². The number of hydrogen-bond acceptors (Lipinski definition) is 7. The quantitative estimate of drug-likeness (QED) is 0.130. The van der Waals surface area contributed by atoms with E-state index in [1.807, 2.05) is 125 Å². The number of aliphatic imine (C=N–C) groups is 1. The molecule has 4 aromatic carbocycles. The molecule has 3 aliphatic rings. The fourth-order valence-electron chi connectivity index (χ4n) is 8.90. The molecule has 56 heavy (non-hydrogen) atoms. The first-order valence-electron chi connectivity index (χ1n) is 18.7. The Morgan fingerprint density at radius 1 is 0.964 bits per heavy atom. The molecule has 2 aliphatic heterocycles. The summed E-state index contributed by atoms with van der Waals surface area (Å²) in [6.07, 6.45) is 11.7. The van der Waals surface area contributed by atoms with Crippen molar-refractivity contribution in [2.24, 2.45) is 16.3 Å². The van der Waals surface area contributed by atoms with Gasteiger partial charge in [0, 0.05) is 34.0 Å². The number of benzene rings is 4. The van der Waals surface area contributed by atoms with Crippen LogP contribution in [-0.2, 0) is 25.7 Å². The SMILES string of the molecule is CCC(N1/C(=C\C=C2\CCCC(/C=C/C(CS(=O)(=O)O)C(C)(C)C3C=Nc4ccc5ccccc5c43)=C2Cl)C(C)(C)c2c1ccc1ccccc21)S(=O)(=O)[O-].[Na+]. The maximum Gasteiger partial charge on any atom is 1.00 e. The normalized spacial score (nSPS) is 20.9. The van der Waals surface area contributed by atoms with E-state index in [4.69, 9.17) is 16.6 Å². The van der Waals surface area contributed by atoms with Gasteiger partial charge in [-0.1, -0.05) is 125 Å². The number of allylic oxidation sites excluding steroid dienone is 8. The van der Waals surface area contributed by atoms with Gasteiger partial charge in [-0.2, -0.15) is 8.42 Å². The molecule has 2 heterocycles. The first kappa shape index (κ1) is 42.5. The van der Waals surface area contributed by atoms with Crippen LogP contribution in [0.4, 0.5) is 11.4 Å². The van der Waals surface area contributed by atoms with Crippen molar-refractivity contribution in [2.75, 3.05) is 10.7 Å². The third kappa shape index (κ3) is 7.88. The summed E-state index contributed by atoms with van der Waals surface area (Å²) in [7, 11) is -9.07. The van der Waals surface area contributed by atoms with Crippen molar-refractivity contribution in [3.63, 3.8) is 0 Å². The van der Waals surface area contributed by atoms with Crippen LogP contribution in [0.25, 0.3) is 21.5 Å². The van der Waals surface area contributed by atoms with E-state index < -0.39 is 48.1 Å². The van der Waals surface area contributed by atoms with Gasteiger partial charge in [0.05, 0.1) is 11.4 Å². The maximum atomic E-state index is 12.7. The molecule has 3 unspecified atom stereocenters. The largest absolute Gasteiger partial charge is 1.00 e. The van der Waals surface area contributed by atoms with E-state index in [2.05, 4.69) is 6.07 Å². The van der Waals surface area contributed by atoms with Gasteiger partial charge in [-0.25, -0.2) is 8.42 Å². The van der Waals surface area contributed by atoms with Crippen LogP contribution in [0.2, 0.25) is 0 Å². The molecular formula is C44H46ClN2NaO6S2. The Labute approximate surface area is 357 Å². The van der Waals surface area contributed by atoms with Crippen molar-refractivity contribution in [1.29, 1.82) is 0 Å². The van der Waals surface area contributed by atoms with Crippen LogP contribution in [0.5, 0.6) is 0 Å². The Balaban J connectivity index is 0.00000532. The first-order valence-corrected chi connectivity index (χ1v) is 22.1. The fourth-order valence-corrected chi connectivity index (χ4v) is 11.1. The molecule has 0 radical (unpaired) electrons. The topological polar surface area (TPSA) is 127 Å². The van der Waals surface area contributed by atoms with Gasteiger partial charge in [0.1, 0.15) is 15.5 Å². The molecule has 0 spiro atoms. The third-order valence-corrected chi connectivity index (χ3v) is 14.3. The maximum absolute atomic E-state index is 12.7. The molecular weight excluding hydrogens is 775 g/mol. The Bertz CT molecular complexity index is 2590. The monoisotopic (exact) mass is 820 g/mol. The first-order chi connectivity index (χ1) is 25.9. The zero-order valence-corrected chi connectivity index (χ0v) is 37.0. The van der Waals surface area contributed by atoms with Crippen LogP contribution >= 0.6 is 11.6 Å². The summed E-state index contributed by atoms with van der Waals surface area (Å²) < 4.78 is 73.3. The average molecular weight is 821 g/mol. The summed E-state index contributed by atoms with van der Waals surface area (Å²) in [4.78, 5) is 6.41. The van der Waals surface area contributed by atoms with Crippen LogP contribution in [0.1, 0.15) is 77.3 Å². The number of hydrogen-bond donors (Lipinski definition) is 1. The number of anilines is 1. The molecule has 0 saturated heterocycles. The van der Waals surface area contributed by atoms with E-state index in [0.717, 1.165) is 55.9 Å². The van der Waals surface area contributed by atoms with Gasteiger partial charge in [-0.3, -0.25) is 9.55 Å². The van der Waals surface area contributed by atoms with E-state index in [1.165, 1.54) is 0 Å². The standard InChI is InChI=1S/C44H47ClN2O6S2.Na/c1-6-39(55(51,52)53)47-37-24-20-29-13-8-10-17-34(29)41(37)44(4,5)38(47)25-21-31-15-11-14-30(42(31)45)18-22-32(27-54(48,49)50)43(2,3)35-26-46-36-23-19-28-12-7-9-16-33(28)40(35)36;/h7-10,12-13,16-26,32,35,39H,6,11,14-15,27H2,1-5H3,(H,48,49,50)(H,51,52,53);/q;+1/p-1/b22-18+,31-21-,38-25-;. The molecule has 12 heteroatoms. The van der Waals surface area contributed by atoms with E-state index in [0.29, 0.717) is 29.3 Å². The molecule has 0 saturated carbocycles. The minimum atomic E-state index is -4.71. The second-order valence-electron chi connectivity index (χ2n) is 16.0. The van der Waals surface area contributed by atoms with Crippen molar-refractivity contribution >= 4 is 71.0 Å². The molecule has 288 valence electrons. The second-order valence-corrected chi connectivity index (χ2v) is 19.4. The number of fused-ring (bicyclic) bond motifs is 6. The van der Waals surface area contributed by atoms with E-state index in [-0.39, 0.29) is 41.9 Å². The summed E-state index contributed by atoms with van der Waals surface area (Å²) in [5, 5.41) is 3.39. The summed E-state index contributed by atoms with van der Waals surface area (Å²) in [6, 6.07) is 23.9. The number of halogens is 1. The van der Waals surface area contributed by atoms with Crippen LogP contribution in [0.15, 0.2) is 124 Å². The molecule has 0 aromatic heterocycles. The van der Waals surface area contributed by atoms with Crippen LogP contribution in [-0.4, -0.2) is 43.3 Å². The molecule has 7 rings (SSSR count). The Morgan fingerprint density at radius 3 is 2.27 bits per heavy atom. The Hall–Kier alpha value is -3.06.